The molecule has 3 nitrogen and oxygen atoms in total. The molecule has 1 amide bonds. The third-order valence-electron chi connectivity index (χ3n) is 1.69. The van der Waals surface area contributed by atoms with Crippen molar-refractivity contribution >= 4 is 18.8 Å². The van der Waals surface area contributed by atoms with E-state index in [1.54, 1.807) is 0 Å². The second-order valence-corrected chi connectivity index (χ2v) is 2.40. The van der Waals surface area contributed by atoms with Crippen molar-refractivity contribution in [2.75, 3.05) is 19.6 Å². The lowest BCUT2D eigenvalue weighted by atomic mass is 10.2. The fourth-order valence-corrected chi connectivity index (χ4v) is 1.01. The average Bonchev–Trinajstić information content (AvgIpc) is 1.89. The Bertz CT molecular complexity index is 110. The number of halogens is 1. The maximum Gasteiger partial charge on any atom is 0.210 e. The summed E-state index contributed by atoms with van der Waals surface area (Å²) in [6.07, 6.45) is 0.922. The third kappa shape index (κ3) is 2.15. The summed E-state index contributed by atoms with van der Waals surface area (Å²) in [5.74, 6) is 0. The van der Waals surface area contributed by atoms with Crippen molar-refractivity contribution in [3.8, 4) is 0 Å². The fourth-order valence-electron chi connectivity index (χ4n) is 1.01. The standard InChI is InChI=1S/C6H12N2O.ClH/c1-6-4-7-2-3-8(6)5-9;/h5-7H,2-4H2,1H3;1H. The minimum absolute atomic E-state index is 0. The lowest BCUT2D eigenvalue weighted by molar-refractivity contribution is -0.120. The molecular formula is C6H13ClN2O. The van der Waals surface area contributed by atoms with E-state index in [2.05, 4.69) is 5.32 Å². The highest BCUT2D eigenvalue weighted by Crippen LogP contribution is 1.96. The molecule has 0 aliphatic carbocycles. The van der Waals surface area contributed by atoms with Crippen LogP contribution in [0.2, 0.25) is 0 Å². The van der Waals surface area contributed by atoms with Gasteiger partial charge in [0.2, 0.25) is 6.41 Å². The van der Waals surface area contributed by atoms with Crippen molar-refractivity contribution in [3.05, 3.63) is 0 Å². The molecule has 1 heterocycles. The van der Waals surface area contributed by atoms with Crippen molar-refractivity contribution in [1.29, 1.82) is 0 Å². The zero-order chi connectivity index (χ0) is 6.69. The van der Waals surface area contributed by atoms with E-state index < -0.39 is 0 Å². The Morgan fingerprint density at radius 1 is 1.70 bits per heavy atom. The first-order valence-electron chi connectivity index (χ1n) is 3.26. The van der Waals surface area contributed by atoms with Crippen LogP contribution in [0.5, 0.6) is 0 Å². The van der Waals surface area contributed by atoms with Crippen molar-refractivity contribution < 1.29 is 4.79 Å². The van der Waals surface area contributed by atoms with Gasteiger partial charge in [0.25, 0.3) is 0 Å². The topological polar surface area (TPSA) is 32.3 Å². The summed E-state index contributed by atoms with van der Waals surface area (Å²) >= 11 is 0. The first-order valence-corrected chi connectivity index (χ1v) is 3.26. The van der Waals surface area contributed by atoms with Gasteiger partial charge in [-0.15, -0.1) is 12.4 Å². The summed E-state index contributed by atoms with van der Waals surface area (Å²) in [6, 6.07) is 0.372. The molecule has 1 fully saturated rings. The van der Waals surface area contributed by atoms with Gasteiger partial charge in [-0.3, -0.25) is 4.79 Å². The van der Waals surface area contributed by atoms with Crippen LogP contribution < -0.4 is 5.32 Å². The molecule has 0 radical (unpaired) electrons. The first-order chi connectivity index (χ1) is 4.34. The Hall–Kier alpha value is -0.280. The number of nitrogens with zero attached hydrogens (tertiary/aromatic N) is 1. The fraction of sp³-hybridized carbons (Fsp3) is 0.833. The number of hydrogen-bond donors (Lipinski definition) is 1. The van der Waals surface area contributed by atoms with Crippen LogP contribution in [0.1, 0.15) is 6.92 Å². The van der Waals surface area contributed by atoms with E-state index >= 15 is 0 Å². The predicted octanol–water partition coefficient (Wildman–Crippen LogP) is -0.142. The highest BCUT2D eigenvalue weighted by atomic mass is 35.5. The lowest BCUT2D eigenvalue weighted by Crippen LogP contribution is -2.48. The predicted molar refractivity (Wildman–Crippen MR) is 42.3 cm³/mol. The lowest BCUT2D eigenvalue weighted by Gasteiger charge is -2.30. The molecule has 1 aliphatic rings. The van der Waals surface area contributed by atoms with Gasteiger partial charge in [-0.1, -0.05) is 0 Å². The Balaban J connectivity index is 0.000000810. The van der Waals surface area contributed by atoms with Crippen molar-refractivity contribution in [2.24, 2.45) is 0 Å². The summed E-state index contributed by atoms with van der Waals surface area (Å²) in [5.41, 5.74) is 0. The van der Waals surface area contributed by atoms with Crippen molar-refractivity contribution in [2.45, 2.75) is 13.0 Å². The number of piperazine rings is 1. The van der Waals surface area contributed by atoms with E-state index in [1.165, 1.54) is 0 Å². The SMILES string of the molecule is CC1CNCCN1C=O.Cl. The zero-order valence-corrected chi connectivity index (χ0v) is 6.86. The molecule has 1 unspecified atom stereocenters. The number of rotatable bonds is 1. The maximum absolute atomic E-state index is 10.3. The van der Waals surface area contributed by atoms with Crippen LogP contribution in [0.4, 0.5) is 0 Å². The van der Waals surface area contributed by atoms with E-state index in [-0.39, 0.29) is 12.4 Å². The molecule has 1 atom stereocenters. The average molecular weight is 165 g/mol. The van der Waals surface area contributed by atoms with Crippen molar-refractivity contribution in [3.63, 3.8) is 0 Å². The van der Waals surface area contributed by atoms with Crippen LogP contribution in [0.15, 0.2) is 0 Å². The van der Waals surface area contributed by atoms with E-state index in [1.807, 2.05) is 11.8 Å². The van der Waals surface area contributed by atoms with Gasteiger partial charge in [-0.05, 0) is 6.92 Å². The van der Waals surface area contributed by atoms with Gasteiger partial charge >= 0.3 is 0 Å². The summed E-state index contributed by atoms with van der Waals surface area (Å²) in [6.45, 7) is 4.76. The number of carbonyl (C=O) groups is 1. The molecule has 0 aromatic rings. The molecule has 4 heteroatoms. The minimum atomic E-state index is 0. The van der Waals surface area contributed by atoms with E-state index in [4.69, 9.17) is 0 Å². The van der Waals surface area contributed by atoms with Gasteiger partial charge < -0.3 is 10.2 Å². The largest absolute Gasteiger partial charge is 0.340 e. The van der Waals surface area contributed by atoms with Crippen LogP contribution in [-0.2, 0) is 4.79 Å². The Morgan fingerprint density at radius 2 is 2.40 bits per heavy atom. The molecule has 60 valence electrons. The monoisotopic (exact) mass is 164 g/mol. The van der Waals surface area contributed by atoms with Gasteiger partial charge in [-0.2, -0.15) is 0 Å². The Labute approximate surface area is 67.2 Å². The summed E-state index contributed by atoms with van der Waals surface area (Å²) in [4.78, 5) is 12.1. The van der Waals surface area contributed by atoms with E-state index in [0.717, 1.165) is 26.0 Å². The second-order valence-electron chi connectivity index (χ2n) is 2.40. The molecule has 1 N–H and O–H groups in total. The smallest absolute Gasteiger partial charge is 0.210 e. The maximum atomic E-state index is 10.3. The second kappa shape index (κ2) is 4.52. The minimum Gasteiger partial charge on any atom is -0.340 e. The molecule has 1 saturated heterocycles. The van der Waals surface area contributed by atoms with Gasteiger partial charge in [0.15, 0.2) is 0 Å². The summed E-state index contributed by atoms with van der Waals surface area (Å²) in [5, 5.41) is 3.20. The molecule has 10 heavy (non-hydrogen) atoms. The van der Waals surface area contributed by atoms with E-state index in [0.29, 0.717) is 6.04 Å². The number of hydrogen-bond acceptors (Lipinski definition) is 2. The Kier molecular flexibility index (Phi) is 4.40. The molecule has 0 aromatic heterocycles. The number of nitrogens with one attached hydrogen (secondary N) is 1. The van der Waals surface area contributed by atoms with E-state index in [9.17, 15) is 4.79 Å². The highest BCUT2D eigenvalue weighted by Gasteiger charge is 2.14. The van der Waals surface area contributed by atoms with Crippen LogP contribution >= 0.6 is 12.4 Å². The third-order valence-corrected chi connectivity index (χ3v) is 1.69. The van der Waals surface area contributed by atoms with Gasteiger partial charge in [0.1, 0.15) is 0 Å². The first kappa shape index (κ1) is 9.72. The number of carbonyl (C=O) groups excluding carboxylic acids is 1. The van der Waals surface area contributed by atoms with Gasteiger partial charge in [0.05, 0.1) is 0 Å². The van der Waals surface area contributed by atoms with Crippen LogP contribution in [0, 0.1) is 0 Å². The quantitative estimate of drug-likeness (QED) is 0.548. The molecule has 1 rings (SSSR count). The van der Waals surface area contributed by atoms with Crippen molar-refractivity contribution in [1.82, 2.24) is 10.2 Å². The van der Waals surface area contributed by atoms with Crippen LogP contribution in [0.25, 0.3) is 0 Å². The normalized spacial score (nSPS) is 25.3. The Morgan fingerprint density at radius 3 is 2.80 bits per heavy atom. The molecule has 0 spiro atoms. The summed E-state index contributed by atoms with van der Waals surface area (Å²) < 4.78 is 0. The number of amides is 1. The molecule has 0 aromatic carbocycles. The molecule has 0 bridgehead atoms. The van der Waals surface area contributed by atoms with Gasteiger partial charge in [-0.25, -0.2) is 0 Å². The van der Waals surface area contributed by atoms with Gasteiger partial charge in [0, 0.05) is 25.7 Å². The summed E-state index contributed by atoms with van der Waals surface area (Å²) in [7, 11) is 0. The molecule has 0 saturated carbocycles. The highest BCUT2D eigenvalue weighted by molar-refractivity contribution is 5.85. The molecule has 1 aliphatic heterocycles. The van der Waals surface area contributed by atoms with Crippen LogP contribution in [-0.4, -0.2) is 37.0 Å². The van der Waals surface area contributed by atoms with Crippen LogP contribution in [0.3, 0.4) is 0 Å². The molecular weight excluding hydrogens is 152 g/mol. The zero-order valence-electron chi connectivity index (χ0n) is 6.04.